The lowest BCUT2D eigenvalue weighted by Crippen LogP contribution is -2.33. The molecule has 1 aromatic rings. The molecule has 2 rings (SSSR count). The summed E-state index contributed by atoms with van der Waals surface area (Å²) in [5.74, 6) is 1.22. The zero-order valence-corrected chi connectivity index (χ0v) is 12.7. The summed E-state index contributed by atoms with van der Waals surface area (Å²) < 4.78 is 14.1. The second-order valence-corrected chi connectivity index (χ2v) is 5.99. The van der Waals surface area contributed by atoms with Gasteiger partial charge in [0.05, 0.1) is 11.7 Å². The Morgan fingerprint density at radius 1 is 1.30 bits per heavy atom. The van der Waals surface area contributed by atoms with Gasteiger partial charge < -0.3 is 5.32 Å². The molecule has 1 aromatic heterocycles. The topological polar surface area (TPSA) is 24.9 Å². The Morgan fingerprint density at radius 2 is 2.05 bits per heavy atom. The molecule has 1 aliphatic carbocycles. The Morgan fingerprint density at radius 3 is 2.65 bits per heavy atom. The zero-order valence-electron chi connectivity index (χ0n) is 12.7. The zero-order chi connectivity index (χ0) is 14.4. The number of halogens is 1. The van der Waals surface area contributed by atoms with E-state index in [0.717, 1.165) is 18.9 Å². The fourth-order valence-electron chi connectivity index (χ4n) is 3.34. The second kappa shape index (κ2) is 7.72. The number of rotatable bonds is 6. The van der Waals surface area contributed by atoms with Crippen molar-refractivity contribution in [2.45, 2.75) is 58.4 Å². The van der Waals surface area contributed by atoms with Gasteiger partial charge in [0.2, 0.25) is 0 Å². The number of hydrogen-bond acceptors (Lipinski definition) is 2. The quantitative estimate of drug-likeness (QED) is 0.830. The number of hydrogen-bond donors (Lipinski definition) is 1. The van der Waals surface area contributed by atoms with Crippen molar-refractivity contribution in [2.24, 2.45) is 11.8 Å². The first-order chi connectivity index (χ1) is 9.76. The molecule has 3 heteroatoms. The van der Waals surface area contributed by atoms with E-state index in [-0.39, 0.29) is 11.9 Å². The third-order valence-electron chi connectivity index (χ3n) is 4.64. The van der Waals surface area contributed by atoms with Gasteiger partial charge in [0.25, 0.3) is 0 Å². The smallest absolute Gasteiger partial charge is 0.146 e. The molecule has 0 radical (unpaired) electrons. The van der Waals surface area contributed by atoms with Crippen molar-refractivity contribution < 1.29 is 4.39 Å². The Labute approximate surface area is 122 Å². The molecule has 1 N–H and O–H groups in total. The van der Waals surface area contributed by atoms with Crippen molar-refractivity contribution in [3.63, 3.8) is 0 Å². The maximum Gasteiger partial charge on any atom is 0.146 e. The lowest BCUT2D eigenvalue weighted by molar-refractivity contribution is 0.213. The number of nitrogens with zero attached hydrogens (tertiary/aromatic N) is 1. The van der Waals surface area contributed by atoms with E-state index in [1.165, 1.54) is 38.2 Å². The average Bonchev–Trinajstić information content (AvgIpc) is 2.50. The van der Waals surface area contributed by atoms with Crippen molar-refractivity contribution >= 4 is 0 Å². The predicted molar refractivity (Wildman–Crippen MR) is 81.0 cm³/mol. The Kier molecular flexibility index (Phi) is 5.96. The molecular formula is C17H27FN2. The molecule has 0 aliphatic heterocycles. The molecule has 0 saturated heterocycles. The molecule has 0 aromatic carbocycles. The first-order valence-electron chi connectivity index (χ1n) is 8.10. The van der Waals surface area contributed by atoms with Gasteiger partial charge in [-0.2, -0.15) is 0 Å². The number of pyridine rings is 1. The molecule has 1 aliphatic rings. The van der Waals surface area contributed by atoms with Crippen molar-refractivity contribution in [1.82, 2.24) is 10.3 Å². The average molecular weight is 278 g/mol. The van der Waals surface area contributed by atoms with E-state index < -0.39 is 0 Å². The van der Waals surface area contributed by atoms with Crippen molar-refractivity contribution in [3.8, 4) is 0 Å². The van der Waals surface area contributed by atoms with E-state index in [1.807, 2.05) is 0 Å². The Hall–Kier alpha value is -0.960. The maximum atomic E-state index is 14.1. The van der Waals surface area contributed by atoms with E-state index in [9.17, 15) is 4.39 Å². The molecule has 1 unspecified atom stereocenters. The van der Waals surface area contributed by atoms with Gasteiger partial charge in [-0.15, -0.1) is 0 Å². The van der Waals surface area contributed by atoms with E-state index in [2.05, 4.69) is 24.1 Å². The van der Waals surface area contributed by atoms with Gasteiger partial charge in [-0.1, -0.05) is 33.1 Å². The Balaban J connectivity index is 2.10. The highest BCUT2D eigenvalue weighted by molar-refractivity contribution is 5.13. The normalized spacial score (nSPS) is 24.6. The molecule has 1 saturated carbocycles. The molecule has 1 atom stereocenters. The summed E-state index contributed by atoms with van der Waals surface area (Å²) in [7, 11) is 0. The predicted octanol–water partition coefficient (Wildman–Crippen LogP) is 4.48. The first-order valence-corrected chi connectivity index (χ1v) is 8.10. The van der Waals surface area contributed by atoms with Crippen molar-refractivity contribution in [2.75, 3.05) is 6.54 Å². The van der Waals surface area contributed by atoms with Gasteiger partial charge in [0.15, 0.2) is 0 Å². The number of nitrogens with one attached hydrogen (secondary N) is 1. The third kappa shape index (κ3) is 3.78. The van der Waals surface area contributed by atoms with Crippen LogP contribution in [0.4, 0.5) is 4.39 Å². The van der Waals surface area contributed by atoms with Gasteiger partial charge in [-0.3, -0.25) is 4.98 Å². The highest BCUT2D eigenvalue weighted by Crippen LogP contribution is 2.37. The van der Waals surface area contributed by atoms with Gasteiger partial charge >= 0.3 is 0 Å². The summed E-state index contributed by atoms with van der Waals surface area (Å²) in [6.45, 7) is 5.34. The molecule has 2 nitrogen and oxygen atoms in total. The van der Waals surface area contributed by atoms with Crippen LogP contribution >= 0.6 is 0 Å². The van der Waals surface area contributed by atoms with Crippen LogP contribution in [0.2, 0.25) is 0 Å². The van der Waals surface area contributed by atoms with Gasteiger partial charge in [-0.25, -0.2) is 4.39 Å². The molecule has 20 heavy (non-hydrogen) atoms. The van der Waals surface area contributed by atoms with E-state index in [4.69, 9.17) is 0 Å². The summed E-state index contributed by atoms with van der Waals surface area (Å²) in [6.07, 6.45) is 8.98. The van der Waals surface area contributed by atoms with E-state index in [1.54, 1.807) is 12.3 Å². The van der Waals surface area contributed by atoms with Crippen molar-refractivity contribution in [3.05, 3.63) is 29.8 Å². The van der Waals surface area contributed by atoms with Crippen LogP contribution in [-0.4, -0.2) is 11.5 Å². The summed E-state index contributed by atoms with van der Waals surface area (Å²) in [5, 5.41) is 3.53. The van der Waals surface area contributed by atoms with Gasteiger partial charge in [0.1, 0.15) is 5.82 Å². The largest absolute Gasteiger partial charge is 0.308 e. The molecule has 112 valence electrons. The minimum Gasteiger partial charge on any atom is -0.308 e. The highest BCUT2D eigenvalue weighted by atomic mass is 19.1. The maximum absolute atomic E-state index is 14.1. The Bertz CT molecular complexity index is 400. The van der Waals surface area contributed by atoms with Crippen LogP contribution < -0.4 is 5.32 Å². The van der Waals surface area contributed by atoms with E-state index >= 15 is 0 Å². The van der Waals surface area contributed by atoms with Crippen LogP contribution in [0, 0.1) is 17.7 Å². The van der Waals surface area contributed by atoms with E-state index in [0.29, 0.717) is 11.6 Å². The monoisotopic (exact) mass is 278 g/mol. The highest BCUT2D eigenvalue weighted by Gasteiger charge is 2.29. The first kappa shape index (κ1) is 15.4. The third-order valence-corrected chi connectivity index (χ3v) is 4.64. The lowest BCUT2D eigenvalue weighted by Gasteiger charge is -2.34. The SMILES string of the molecule is CCCNC(c1ncccc1F)C1CCC(CC)CC1. The summed E-state index contributed by atoms with van der Waals surface area (Å²) >= 11 is 0. The molecule has 0 amide bonds. The van der Waals surface area contributed by atoms with Crippen LogP contribution in [-0.2, 0) is 0 Å². The van der Waals surface area contributed by atoms with Gasteiger partial charge in [-0.05, 0) is 49.8 Å². The van der Waals surface area contributed by atoms with Crippen LogP contribution in [0.25, 0.3) is 0 Å². The summed E-state index contributed by atoms with van der Waals surface area (Å²) in [6, 6.07) is 3.28. The molecule has 1 heterocycles. The van der Waals surface area contributed by atoms with Crippen molar-refractivity contribution in [1.29, 1.82) is 0 Å². The van der Waals surface area contributed by atoms with Crippen LogP contribution in [0.15, 0.2) is 18.3 Å². The molecular weight excluding hydrogens is 251 g/mol. The second-order valence-electron chi connectivity index (χ2n) is 5.99. The number of aromatic nitrogens is 1. The molecule has 0 spiro atoms. The van der Waals surface area contributed by atoms with Crippen LogP contribution in [0.3, 0.4) is 0 Å². The standard InChI is InChI=1S/C17H27FN2/c1-3-11-19-16(17-15(18)6-5-12-20-17)14-9-7-13(4-2)8-10-14/h5-6,12-14,16,19H,3-4,7-11H2,1-2H3. The summed E-state index contributed by atoms with van der Waals surface area (Å²) in [5.41, 5.74) is 0.612. The van der Waals surface area contributed by atoms with Crippen LogP contribution in [0.5, 0.6) is 0 Å². The fraction of sp³-hybridized carbons (Fsp3) is 0.706. The van der Waals surface area contributed by atoms with Gasteiger partial charge in [0, 0.05) is 6.20 Å². The molecule has 0 bridgehead atoms. The molecule has 1 fully saturated rings. The fourth-order valence-corrected chi connectivity index (χ4v) is 3.34. The van der Waals surface area contributed by atoms with Crippen LogP contribution in [0.1, 0.15) is 64.1 Å². The minimum absolute atomic E-state index is 0.0777. The summed E-state index contributed by atoms with van der Waals surface area (Å²) in [4.78, 5) is 4.31. The minimum atomic E-state index is -0.168. The lowest BCUT2D eigenvalue weighted by atomic mass is 9.76.